The minimum Gasteiger partial charge on any atom is -0.482 e. The van der Waals surface area contributed by atoms with Gasteiger partial charge < -0.3 is 10.1 Å². The number of fused-ring (bicyclic) bond motifs is 4. The van der Waals surface area contributed by atoms with E-state index in [1.807, 2.05) is 48.5 Å². The molecule has 172 valence electrons. The number of rotatable bonds is 5. The van der Waals surface area contributed by atoms with Gasteiger partial charge in [0.15, 0.2) is 17.5 Å². The molecule has 0 aliphatic carbocycles. The molecule has 10 heteroatoms. The maximum Gasteiger partial charge on any atom is 0.267 e. The molecule has 3 heterocycles. The van der Waals surface area contributed by atoms with Crippen LogP contribution >= 0.6 is 11.8 Å². The zero-order valence-electron chi connectivity index (χ0n) is 18.2. The van der Waals surface area contributed by atoms with Gasteiger partial charge in [-0.3, -0.25) is 18.8 Å². The molecule has 0 unspecified atom stereocenters. The molecule has 0 spiro atoms. The van der Waals surface area contributed by atoms with Gasteiger partial charge in [-0.2, -0.15) is 0 Å². The number of ketones is 1. The molecule has 5 aromatic rings. The maximum atomic E-state index is 13.3. The Morgan fingerprint density at radius 2 is 1.80 bits per heavy atom. The van der Waals surface area contributed by atoms with Crippen LogP contribution in [0, 0.1) is 0 Å². The summed E-state index contributed by atoms with van der Waals surface area (Å²) in [6.45, 7) is -0.0435. The van der Waals surface area contributed by atoms with Gasteiger partial charge in [-0.1, -0.05) is 42.1 Å². The summed E-state index contributed by atoms with van der Waals surface area (Å²) < 4.78 is 8.67. The van der Waals surface area contributed by atoms with Gasteiger partial charge in [0.1, 0.15) is 5.75 Å². The third-order valence-electron chi connectivity index (χ3n) is 5.68. The van der Waals surface area contributed by atoms with E-state index in [-0.39, 0.29) is 29.6 Å². The highest BCUT2D eigenvalue weighted by molar-refractivity contribution is 7.99. The molecule has 9 nitrogen and oxygen atoms in total. The molecule has 1 N–H and O–H groups in total. The lowest BCUT2D eigenvalue weighted by atomic mass is 10.1. The summed E-state index contributed by atoms with van der Waals surface area (Å²) in [5, 5.41) is 12.3. The first kappa shape index (κ1) is 21.1. The van der Waals surface area contributed by atoms with Crippen LogP contribution in [0.4, 0.5) is 5.69 Å². The number of hydrogen-bond donors (Lipinski definition) is 1. The summed E-state index contributed by atoms with van der Waals surface area (Å²) in [5.74, 6) is 0.580. The second-order valence-corrected chi connectivity index (χ2v) is 8.81. The van der Waals surface area contributed by atoms with Crippen molar-refractivity contribution in [2.45, 2.75) is 5.16 Å². The van der Waals surface area contributed by atoms with Crippen LogP contribution in [0.5, 0.6) is 5.75 Å². The van der Waals surface area contributed by atoms with E-state index in [0.717, 1.165) is 0 Å². The minimum atomic E-state index is -0.261. The summed E-state index contributed by atoms with van der Waals surface area (Å²) in [5.41, 5.74) is 2.06. The Morgan fingerprint density at radius 3 is 2.66 bits per heavy atom. The Balaban J connectivity index is 1.38. The molecule has 2 aromatic heterocycles. The van der Waals surface area contributed by atoms with Gasteiger partial charge in [0.05, 0.1) is 28.0 Å². The van der Waals surface area contributed by atoms with Gasteiger partial charge in [0.2, 0.25) is 5.78 Å². The van der Waals surface area contributed by atoms with Gasteiger partial charge in [0, 0.05) is 5.56 Å². The van der Waals surface area contributed by atoms with Crippen LogP contribution in [-0.2, 0) is 4.79 Å². The van der Waals surface area contributed by atoms with Gasteiger partial charge in [-0.15, -0.1) is 10.2 Å². The molecular formula is C25H17N5O4S. The maximum absolute atomic E-state index is 13.3. The molecule has 0 radical (unpaired) electrons. The number of benzene rings is 3. The van der Waals surface area contributed by atoms with E-state index in [0.29, 0.717) is 44.5 Å². The first-order valence-corrected chi connectivity index (χ1v) is 11.8. The molecule has 3 aromatic carbocycles. The van der Waals surface area contributed by atoms with Crippen molar-refractivity contribution in [3.8, 4) is 11.4 Å². The van der Waals surface area contributed by atoms with E-state index in [9.17, 15) is 14.4 Å². The van der Waals surface area contributed by atoms with Crippen molar-refractivity contribution in [1.82, 2.24) is 19.2 Å². The lowest BCUT2D eigenvalue weighted by molar-refractivity contribution is -0.118. The third kappa shape index (κ3) is 3.64. The van der Waals surface area contributed by atoms with E-state index in [1.54, 1.807) is 28.7 Å². The number of Topliss-reactive ketones (excluding diaryl/α,β-unsaturated/α-hetero) is 1. The van der Waals surface area contributed by atoms with Crippen LogP contribution in [0.15, 0.2) is 82.7 Å². The summed E-state index contributed by atoms with van der Waals surface area (Å²) in [6.07, 6.45) is 0. The molecule has 1 aliphatic rings. The Labute approximate surface area is 202 Å². The summed E-state index contributed by atoms with van der Waals surface area (Å²) in [6, 6.07) is 21.5. The van der Waals surface area contributed by atoms with Crippen molar-refractivity contribution in [1.29, 1.82) is 0 Å². The topological polar surface area (TPSA) is 108 Å². The highest BCUT2D eigenvalue weighted by Gasteiger charge is 2.21. The van der Waals surface area contributed by atoms with Gasteiger partial charge in [0.25, 0.3) is 11.5 Å². The van der Waals surface area contributed by atoms with Crippen molar-refractivity contribution in [2.75, 3.05) is 17.7 Å². The molecule has 0 bridgehead atoms. The SMILES string of the molecule is O=C1COc2ccc(C(=O)CSc3nnc4n(-c5ccccc5)c(=O)c5ccccc5n34)cc2N1. The molecule has 0 saturated carbocycles. The summed E-state index contributed by atoms with van der Waals surface area (Å²) in [7, 11) is 0. The van der Waals surface area contributed by atoms with Crippen LogP contribution in [-0.4, -0.2) is 43.2 Å². The zero-order chi connectivity index (χ0) is 23.9. The van der Waals surface area contributed by atoms with Gasteiger partial charge in [-0.25, -0.2) is 4.57 Å². The first-order valence-electron chi connectivity index (χ1n) is 10.8. The third-order valence-corrected chi connectivity index (χ3v) is 6.60. The number of nitrogens with zero attached hydrogens (tertiary/aromatic N) is 4. The van der Waals surface area contributed by atoms with E-state index >= 15 is 0 Å². The van der Waals surface area contributed by atoms with Crippen LogP contribution in [0.1, 0.15) is 10.4 Å². The van der Waals surface area contributed by atoms with Gasteiger partial charge in [-0.05, 0) is 42.5 Å². The summed E-state index contributed by atoms with van der Waals surface area (Å²) >= 11 is 1.23. The number of thioether (sulfide) groups is 1. The van der Waals surface area contributed by atoms with Crippen LogP contribution < -0.4 is 15.6 Å². The van der Waals surface area contributed by atoms with E-state index in [2.05, 4.69) is 15.5 Å². The normalized spacial score (nSPS) is 12.9. The molecular weight excluding hydrogens is 466 g/mol. The number of aromatic nitrogens is 4. The molecule has 6 rings (SSSR count). The van der Waals surface area contributed by atoms with Crippen molar-refractivity contribution in [2.24, 2.45) is 0 Å². The molecule has 1 aliphatic heterocycles. The Bertz CT molecular complexity index is 1690. The highest BCUT2D eigenvalue weighted by atomic mass is 32.2. The average molecular weight is 484 g/mol. The quantitative estimate of drug-likeness (QED) is 0.302. The fraction of sp³-hybridized carbons (Fsp3) is 0.0800. The smallest absolute Gasteiger partial charge is 0.267 e. The lowest BCUT2D eigenvalue weighted by Gasteiger charge is -2.18. The van der Waals surface area contributed by atoms with Crippen LogP contribution in [0.3, 0.4) is 0 Å². The minimum absolute atomic E-state index is 0.0435. The molecule has 35 heavy (non-hydrogen) atoms. The molecule has 0 saturated heterocycles. The Morgan fingerprint density at radius 1 is 1.00 bits per heavy atom. The standard InChI is InChI=1S/C25H17N5O4S/c31-20(15-10-11-21-18(12-15)26-22(32)13-34-21)14-35-25-28-27-24-29(16-6-2-1-3-7-16)23(33)17-8-4-5-9-19(17)30(24)25/h1-12H,13-14H2,(H,26,32). The fourth-order valence-corrected chi connectivity index (χ4v) is 4.89. The van der Waals surface area contributed by atoms with Crippen molar-refractivity contribution < 1.29 is 14.3 Å². The van der Waals surface area contributed by atoms with E-state index in [4.69, 9.17) is 4.74 Å². The Hall–Kier alpha value is -4.44. The van der Waals surface area contributed by atoms with Crippen molar-refractivity contribution >= 4 is 45.8 Å². The second-order valence-electron chi connectivity index (χ2n) is 7.87. The molecule has 0 fully saturated rings. The molecule has 1 amide bonds. The number of anilines is 1. The van der Waals surface area contributed by atoms with E-state index in [1.165, 1.54) is 16.3 Å². The largest absolute Gasteiger partial charge is 0.482 e. The van der Waals surface area contributed by atoms with Crippen molar-refractivity contribution in [3.05, 3.63) is 88.7 Å². The number of carbonyl (C=O) groups excluding carboxylic acids is 2. The highest BCUT2D eigenvalue weighted by Crippen LogP contribution is 2.30. The predicted octanol–water partition coefficient (Wildman–Crippen LogP) is 3.34. The predicted molar refractivity (Wildman–Crippen MR) is 132 cm³/mol. The van der Waals surface area contributed by atoms with Crippen molar-refractivity contribution in [3.63, 3.8) is 0 Å². The fourth-order valence-electron chi connectivity index (χ4n) is 4.05. The average Bonchev–Trinajstić information content (AvgIpc) is 3.31. The number of para-hydroxylation sites is 2. The molecule has 0 atom stereocenters. The number of hydrogen-bond acceptors (Lipinski definition) is 7. The monoisotopic (exact) mass is 483 g/mol. The first-order chi connectivity index (χ1) is 17.1. The number of nitrogens with one attached hydrogen (secondary N) is 1. The zero-order valence-corrected chi connectivity index (χ0v) is 19.0. The number of ether oxygens (including phenoxy) is 1. The lowest BCUT2D eigenvalue weighted by Crippen LogP contribution is -2.25. The number of carbonyl (C=O) groups is 2. The van der Waals surface area contributed by atoms with Crippen LogP contribution in [0.25, 0.3) is 22.4 Å². The van der Waals surface area contributed by atoms with E-state index < -0.39 is 0 Å². The Kier molecular flexibility index (Phi) is 5.07. The second kappa shape index (κ2) is 8.41. The number of amides is 1. The van der Waals surface area contributed by atoms with Crippen LogP contribution in [0.2, 0.25) is 0 Å². The summed E-state index contributed by atoms with van der Waals surface area (Å²) in [4.78, 5) is 37.9. The van der Waals surface area contributed by atoms with Gasteiger partial charge >= 0.3 is 0 Å².